The molecule has 0 aromatic heterocycles. The number of hydrogen-bond acceptors (Lipinski definition) is 2. The molecule has 0 saturated carbocycles. The predicted molar refractivity (Wildman–Crippen MR) is 113 cm³/mol. The maximum atomic E-state index is 3.49. The Bertz CT molecular complexity index is 586. The summed E-state index contributed by atoms with van der Waals surface area (Å²) in [4.78, 5) is 0. The molecule has 0 unspecified atom stereocenters. The molecule has 0 atom stereocenters. The molecule has 2 N–H and O–H groups in total. The van der Waals surface area contributed by atoms with Gasteiger partial charge in [-0.05, 0) is 62.1 Å². The summed E-state index contributed by atoms with van der Waals surface area (Å²) in [5.41, 5.74) is 2.35. The van der Waals surface area contributed by atoms with Gasteiger partial charge < -0.3 is 10.6 Å². The summed E-state index contributed by atoms with van der Waals surface area (Å²) in [6.07, 6.45) is 9.14. The highest BCUT2D eigenvalue weighted by Crippen LogP contribution is 2.16. The predicted octanol–water partition coefficient (Wildman–Crippen LogP) is 6.85. The largest absolute Gasteiger partial charge is 0.385 e. The lowest BCUT2D eigenvalue weighted by Gasteiger charge is -2.06. The fraction of sp³-hybridized carbons (Fsp3) is 0.300. The van der Waals surface area contributed by atoms with Crippen LogP contribution in [0.15, 0.2) is 69.6 Å². The van der Waals surface area contributed by atoms with Crippen LogP contribution in [0.25, 0.3) is 0 Å². The molecule has 0 spiro atoms. The third-order valence-corrected chi connectivity index (χ3v) is 4.56. The lowest BCUT2D eigenvalue weighted by molar-refractivity contribution is 0.861. The Hall–Kier alpha value is -1.26. The molecule has 0 aliphatic carbocycles. The van der Waals surface area contributed by atoms with E-state index in [9.17, 15) is 0 Å². The molecule has 0 aliphatic heterocycles. The van der Waals surface area contributed by atoms with E-state index in [1.165, 1.54) is 11.4 Å². The Kier molecular flexibility index (Phi) is 9.00. The van der Waals surface area contributed by atoms with Gasteiger partial charge in [0.2, 0.25) is 0 Å². The molecule has 4 heteroatoms. The van der Waals surface area contributed by atoms with Crippen molar-refractivity contribution in [3.05, 3.63) is 69.6 Å². The highest BCUT2D eigenvalue weighted by Gasteiger charge is 1.93. The quantitative estimate of drug-likeness (QED) is 0.304. The SMILES string of the molecule is Brc1cccc(NCCC/C=C\CCCNc2cccc(Br)c2)c1. The number of benzene rings is 2. The Morgan fingerprint density at radius 1 is 0.708 bits per heavy atom. The second-order valence-corrected chi connectivity index (χ2v) is 7.46. The Morgan fingerprint density at radius 3 is 1.58 bits per heavy atom. The minimum Gasteiger partial charge on any atom is -0.385 e. The van der Waals surface area contributed by atoms with Crippen LogP contribution in [0, 0.1) is 0 Å². The van der Waals surface area contributed by atoms with Gasteiger partial charge in [0.25, 0.3) is 0 Å². The van der Waals surface area contributed by atoms with Gasteiger partial charge in [-0.15, -0.1) is 0 Å². The van der Waals surface area contributed by atoms with Gasteiger partial charge in [0, 0.05) is 33.4 Å². The maximum absolute atomic E-state index is 3.49. The Balaban J connectivity index is 1.48. The number of rotatable bonds is 10. The van der Waals surface area contributed by atoms with Crippen molar-refractivity contribution in [3.63, 3.8) is 0 Å². The van der Waals surface area contributed by atoms with Crippen molar-refractivity contribution in [2.45, 2.75) is 25.7 Å². The molecule has 2 rings (SSSR count). The van der Waals surface area contributed by atoms with Gasteiger partial charge in [-0.3, -0.25) is 0 Å². The molecule has 0 saturated heterocycles. The fourth-order valence-corrected chi connectivity index (χ4v) is 3.14. The molecule has 0 bridgehead atoms. The van der Waals surface area contributed by atoms with Crippen LogP contribution in [0.3, 0.4) is 0 Å². The second kappa shape index (κ2) is 11.3. The molecule has 2 aromatic carbocycles. The number of unbranched alkanes of at least 4 members (excludes halogenated alkanes) is 2. The van der Waals surface area contributed by atoms with Crippen molar-refractivity contribution in [2.24, 2.45) is 0 Å². The molecule has 128 valence electrons. The third-order valence-electron chi connectivity index (χ3n) is 3.57. The molecular weight excluding hydrogens is 428 g/mol. The number of anilines is 2. The van der Waals surface area contributed by atoms with Crippen LogP contribution in [0.4, 0.5) is 11.4 Å². The summed E-state index contributed by atoms with van der Waals surface area (Å²) in [5.74, 6) is 0. The van der Waals surface area contributed by atoms with Crippen molar-refractivity contribution >= 4 is 43.2 Å². The second-order valence-electron chi connectivity index (χ2n) is 5.63. The molecule has 2 nitrogen and oxygen atoms in total. The zero-order valence-corrected chi connectivity index (χ0v) is 16.9. The standard InChI is InChI=1S/C20H24Br2N2/c21-17-9-7-11-19(15-17)23-13-5-3-1-2-4-6-14-24-20-12-8-10-18(22)16-20/h1-2,7-12,15-16,23-24H,3-6,13-14H2/b2-1-. The van der Waals surface area contributed by atoms with Gasteiger partial charge in [-0.2, -0.15) is 0 Å². The lowest BCUT2D eigenvalue weighted by atomic mass is 10.2. The first-order chi connectivity index (χ1) is 11.7. The maximum Gasteiger partial charge on any atom is 0.0351 e. The van der Waals surface area contributed by atoms with Crippen molar-refractivity contribution in [1.29, 1.82) is 0 Å². The number of halogens is 2. The van der Waals surface area contributed by atoms with Crippen molar-refractivity contribution < 1.29 is 0 Å². The van der Waals surface area contributed by atoms with Gasteiger partial charge in [0.1, 0.15) is 0 Å². The number of hydrogen-bond donors (Lipinski definition) is 2. The smallest absolute Gasteiger partial charge is 0.0351 e. The van der Waals surface area contributed by atoms with Crippen LogP contribution in [0.5, 0.6) is 0 Å². The van der Waals surface area contributed by atoms with Gasteiger partial charge in [-0.25, -0.2) is 0 Å². The van der Waals surface area contributed by atoms with E-state index < -0.39 is 0 Å². The first-order valence-corrected chi connectivity index (χ1v) is 9.96. The van der Waals surface area contributed by atoms with Crippen LogP contribution in [0.1, 0.15) is 25.7 Å². The van der Waals surface area contributed by atoms with E-state index >= 15 is 0 Å². The fourth-order valence-electron chi connectivity index (χ4n) is 2.34. The lowest BCUT2D eigenvalue weighted by Crippen LogP contribution is -2.01. The van der Waals surface area contributed by atoms with Gasteiger partial charge in [0.05, 0.1) is 0 Å². The summed E-state index contributed by atoms with van der Waals surface area (Å²) in [5, 5.41) is 6.88. The molecule has 0 radical (unpaired) electrons. The average molecular weight is 452 g/mol. The summed E-state index contributed by atoms with van der Waals surface area (Å²) in [7, 11) is 0. The van der Waals surface area contributed by atoms with Crippen LogP contribution >= 0.6 is 31.9 Å². The summed E-state index contributed by atoms with van der Waals surface area (Å²) < 4.78 is 2.23. The molecule has 2 aromatic rings. The van der Waals surface area contributed by atoms with Gasteiger partial charge in [-0.1, -0.05) is 56.1 Å². The number of nitrogens with one attached hydrogen (secondary N) is 2. The highest BCUT2D eigenvalue weighted by atomic mass is 79.9. The minimum absolute atomic E-state index is 1.01. The Labute approximate surface area is 162 Å². The van der Waals surface area contributed by atoms with E-state index in [4.69, 9.17) is 0 Å². The molecular formula is C20H24Br2N2. The van der Waals surface area contributed by atoms with E-state index in [2.05, 4.69) is 91.0 Å². The van der Waals surface area contributed by atoms with Crippen molar-refractivity contribution in [2.75, 3.05) is 23.7 Å². The van der Waals surface area contributed by atoms with Crippen LogP contribution in [0.2, 0.25) is 0 Å². The van der Waals surface area contributed by atoms with Crippen LogP contribution in [-0.2, 0) is 0 Å². The minimum atomic E-state index is 1.01. The van der Waals surface area contributed by atoms with Crippen LogP contribution < -0.4 is 10.6 Å². The molecule has 0 heterocycles. The van der Waals surface area contributed by atoms with Gasteiger partial charge in [0.15, 0.2) is 0 Å². The summed E-state index contributed by atoms with van der Waals surface area (Å²) in [6.45, 7) is 2.01. The molecule has 24 heavy (non-hydrogen) atoms. The van der Waals surface area contributed by atoms with E-state index in [1.807, 2.05) is 12.1 Å². The van der Waals surface area contributed by atoms with Crippen LogP contribution in [-0.4, -0.2) is 13.1 Å². The average Bonchev–Trinajstić information content (AvgIpc) is 2.57. The van der Waals surface area contributed by atoms with Crippen molar-refractivity contribution in [1.82, 2.24) is 0 Å². The van der Waals surface area contributed by atoms with Crippen molar-refractivity contribution in [3.8, 4) is 0 Å². The van der Waals surface area contributed by atoms with Gasteiger partial charge >= 0.3 is 0 Å². The van der Waals surface area contributed by atoms with E-state index in [-0.39, 0.29) is 0 Å². The third kappa shape index (κ3) is 8.02. The first-order valence-electron chi connectivity index (χ1n) is 8.38. The zero-order valence-electron chi connectivity index (χ0n) is 13.8. The summed E-state index contributed by atoms with van der Waals surface area (Å²) >= 11 is 6.97. The molecule has 0 fully saturated rings. The van der Waals surface area contributed by atoms with E-state index in [0.717, 1.165) is 47.7 Å². The first kappa shape index (κ1) is 19.1. The monoisotopic (exact) mass is 450 g/mol. The normalized spacial score (nSPS) is 10.9. The molecule has 0 aliphatic rings. The van der Waals surface area contributed by atoms with E-state index in [1.54, 1.807) is 0 Å². The Morgan fingerprint density at radius 2 is 1.17 bits per heavy atom. The number of allylic oxidation sites excluding steroid dienone is 2. The molecule has 0 amide bonds. The summed E-state index contributed by atoms with van der Waals surface area (Å²) in [6, 6.07) is 16.6. The highest BCUT2D eigenvalue weighted by molar-refractivity contribution is 9.10. The van der Waals surface area contributed by atoms with E-state index in [0.29, 0.717) is 0 Å². The zero-order chi connectivity index (χ0) is 17.0. The topological polar surface area (TPSA) is 24.1 Å².